The molecule has 0 bridgehead atoms. The second-order valence-electron chi connectivity index (χ2n) is 4.51. The zero-order valence-corrected chi connectivity index (χ0v) is 12.4. The second-order valence-corrected chi connectivity index (χ2v) is 5.32. The quantitative estimate of drug-likeness (QED) is 0.885. The van der Waals surface area contributed by atoms with Crippen molar-refractivity contribution in [2.45, 2.75) is 19.6 Å². The van der Waals surface area contributed by atoms with Crippen molar-refractivity contribution in [1.29, 1.82) is 0 Å². The Morgan fingerprint density at radius 1 is 1.15 bits per heavy atom. The van der Waals surface area contributed by atoms with Crippen LogP contribution in [0.5, 0.6) is 5.75 Å². The lowest BCUT2D eigenvalue weighted by atomic mass is 10.1. The first-order chi connectivity index (χ1) is 9.47. The SMILES string of the molecule is CC(N)c1cc(F)ccc1OCc1ccc(Cl)c(Cl)c1. The summed E-state index contributed by atoms with van der Waals surface area (Å²) in [6, 6.07) is 9.26. The van der Waals surface area contributed by atoms with E-state index >= 15 is 0 Å². The van der Waals surface area contributed by atoms with Crippen LogP contribution in [0.25, 0.3) is 0 Å². The molecule has 0 aliphatic rings. The summed E-state index contributed by atoms with van der Waals surface area (Å²) in [4.78, 5) is 0. The molecular weight excluding hydrogens is 300 g/mol. The average molecular weight is 314 g/mol. The highest BCUT2D eigenvalue weighted by atomic mass is 35.5. The van der Waals surface area contributed by atoms with Gasteiger partial charge in [-0.1, -0.05) is 29.3 Å². The minimum Gasteiger partial charge on any atom is -0.489 e. The summed E-state index contributed by atoms with van der Waals surface area (Å²) in [5, 5.41) is 0.966. The van der Waals surface area contributed by atoms with Crippen LogP contribution in [-0.2, 0) is 6.61 Å². The summed E-state index contributed by atoms with van der Waals surface area (Å²) in [7, 11) is 0. The first-order valence-corrected chi connectivity index (χ1v) is 6.84. The van der Waals surface area contributed by atoms with Crippen LogP contribution in [0, 0.1) is 5.82 Å². The van der Waals surface area contributed by atoms with Gasteiger partial charge in [0.25, 0.3) is 0 Å². The topological polar surface area (TPSA) is 35.2 Å². The third kappa shape index (κ3) is 3.63. The smallest absolute Gasteiger partial charge is 0.124 e. The molecule has 0 amide bonds. The molecule has 0 aromatic heterocycles. The van der Waals surface area contributed by atoms with Crippen molar-refractivity contribution < 1.29 is 9.13 Å². The van der Waals surface area contributed by atoms with Crippen molar-refractivity contribution in [3.8, 4) is 5.75 Å². The zero-order valence-electron chi connectivity index (χ0n) is 10.9. The summed E-state index contributed by atoms with van der Waals surface area (Å²) in [6.07, 6.45) is 0. The third-order valence-electron chi connectivity index (χ3n) is 2.84. The monoisotopic (exact) mass is 313 g/mol. The van der Waals surface area contributed by atoms with Crippen LogP contribution < -0.4 is 10.5 Å². The van der Waals surface area contributed by atoms with Gasteiger partial charge in [0.2, 0.25) is 0 Å². The molecule has 1 atom stereocenters. The number of rotatable bonds is 4. The van der Waals surface area contributed by atoms with Gasteiger partial charge in [0, 0.05) is 11.6 Å². The molecule has 106 valence electrons. The summed E-state index contributed by atoms with van der Waals surface area (Å²) < 4.78 is 18.9. The van der Waals surface area contributed by atoms with Gasteiger partial charge in [-0.25, -0.2) is 4.39 Å². The van der Waals surface area contributed by atoms with Gasteiger partial charge in [0.1, 0.15) is 18.2 Å². The largest absolute Gasteiger partial charge is 0.489 e. The van der Waals surface area contributed by atoms with E-state index in [1.54, 1.807) is 25.1 Å². The first-order valence-electron chi connectivity index (χ1n) is 6.09. The number of nitrogens with two attached hydrogens (primary N) is 1. The molecule has 0 fully saturated rings. The molecule has 0 saturated carbocycles. The van der Waals surface area contributed by atoms with Gasteiger partial charge in [-0.15, -0.1) is 0 Å². The molecule has 2 nitrogen and oxygen atoms in total. The molecular formula is C15H14Cl2FNO. The lowest BCUT2D eigenvalue weighted by Gasteiger charge is -2.14. The molecule has 0 aliphatic heterocycles. The summed E-state index contributed by atoms with van der Waals surface area (Å²) in [6.45, 7) is 2.09. The lowest BCUT2D eigenvalue weighted by molar-refractivity contribution is 0.301. The van der Waals surface area contributed by atoms with Crippen LogP contribution in [0.1, 0.15) is 24.1 Å². The van der Waals surface area contributed by atoms with Gasteiger partial charge in [0.15, 0.2) is 0 Å². The summed E-state index contributed by atoms with van der Waals surface area (Å²) in [5.41, 5.74) is 7.32. The highest BCUT2D eigenvalue weighted by Crippen LogP contribution is 2.27. The van der Waals surface area contributed by atoms with E-state index in [2.05, 4.69) is 0 Å². The van der Waals surface area contributed by atoms with E-state index in [-0.39, 0.29) is 11.9 Å². The van der Waals surface area contributed by atoms with Crippen LogP contribution in [0.15, 0.2) is 36.4 Å². The molecule has 2 N–H and O–H groups in total. The van der Waals surface area contributed by atoms with E-state index in [1.807, 2.05) is 6.07 Å². The van der Waals surface area contributed by atoms with Crippen LogP contribution in [-0.4, -0.2) is 0 Å². The average Bonchev–Trinajstić information content (AvgIpc) is 2.41. The van der Waals surface area contributed by atoms with Crippen molar-refractivity contribution in [2.75, 3.05) is 0 Å². The Bertz CT molecular complexity index is 617. The number of benzene rings is 2. The Kier molecular flexibility index (Phi) is 4.86. The number of hydrogen-bond donors (Lipinski definition) is 1. The second kappa shape index (κ2) is 6.44. The van der Waals surface area contributed by atoms with Crippen molar-refractivity contribution in [1.82, 2.24) is 0 Å². The fourth-order valence-corrected chi connectivity index (χ4v) is 2.12. The van der Waals surface area contributed by atoms with Crippen molar-refractivity contribution in [3.05, 3.63) is 63.4 Å². The van der Waals surface area contributed by atoms with E-state index in [0.29, 0.717) is 28.0 Å². The van der Waals surface area contributed by atoms with Gasteiger partial charge in [-0.05, 0) is 42.8 Å². The fraction of sp³-hybridized carbons (Fsp3) is 0.200. The molecule has 0 aliphatic carbocycles. The van der Waals surface area contributed by atoms with E-state index in [0.717, 1.165) is 5.56 Å². The first kappa shape index (κ1) is 15.1. The van der Waals surface area contributed by atoms with Gasteiger partial charge >= 0.3 is 0 Å². The van der Waals surface area contributed by atoms with Gasteiger partial charge in [0.05, 0.1) is 10.0 Å². The summed E-state index contributed by atoms with van der Waals surface area (Å²) in [5.74, 6) is 0.228. The molecule has 20 heavy (non-hydrogen) atoms. The normalized spacial score (nSPS) is 12.2. The van der Waals surface area contributed by atoms with Gasteiger partial charge in [-0.3, -0.25) is 0 Å². The van der Waals surface area contributed by atoms with Crippen LogP contribution in [0.2, 0.25) is 10.0 Å². The minimum atomic E-state index is -0.334. The number of ether oxygens (including phenoxy) is 1. The third-order valence-corrected chi connectivity index (χ3v) is 3.58. The van der Waals surface area contributed by atoms with E-state index in [9.17, 15) is 4.39 Å². The van der Waals surface area contributed by atoms with Gasteiger partial charge in [-0.2, -0.15) is 0 Å². The Balaban J connectivity index is 2.16. The van der Waals surface area contributed by atoms with E-state index < -0.39 is 0 Å². The molecule has 0 heterocycles. The highest BCUT2D eigenvalue weighted by molar-refractivity contribution is 6.42. The Morgan fingerprint density at radius 3 is 2.55 bits per heavy atom. The van der Waals surface area contributed by atoms with Crippen LogP contribution in [0.3, 0.4) is 0 Å². The summed E-state index contributed by atoms with van der Waals surface area (Å²) >= 11 is 11.8. The maximum Gasteiger partial charge on any atom is 0.124 e. The van der Waals surface area contributed by atoms with Crippen LogP contribution in [0.4, 0.5) is 4.39 Å². The maximum absolute atomic E-state index is 13.2. The van der Waals surface area contributed by atoms with Crippen molar-refractivity contribution >= 4 is 23.2 Å². The Hall–Kier alpha value is -1.29. The number of halogens is 3. The molecule has 0 radical (unpaired) electrons. The maximum atomic E-state index is 13.2. The zero-order chi connectivity index (χ0) is 14.7. The van der Waals surface area contributed by atoms with E-state index in [4.69, 9.17) is 33.7 Å². The molecule has 5 heteroatoms. The standard InChI is InChI=1S/C15H14Cl2FNO/c1-9(19)12-7-11(18)3-5-15(12)20-8-10-2-4-13(16)14(17)6-10/h2-7,9H,8,19H2,1H3. The fourth-order valence-electron chi connectivity index (χ4n) is 1.80. The van der Waals surface area contributed by atoms with Crippen molar-refractivity contribution in [3.63, 3.8) is 0 Å². The minimum absolute atomic E-state index is 0.308. The molecule has 0 saturated heterocycles. The molecule has 2 aromatic carbocycles. The van der Waals surface area contributed by atoms with Crippen molar-refractivity contribution in [2.24, 2.45) is 5.73 Å². The molecule has 2 rings (SSSR count). The molecule has 0 spiro atoms. The molecule has 2 aromatic rings. The van der Waals surface area contributed by atoms with Gasteiger partial charge < -0.3 is 10.5 Å². The Labute approximate surface area is 127 Å². The lowest BCUT2D eigenvalue weighted by Crippen LogP contribution is -2.08. The molecule has 1 unspecified atom stereocenters. The predicted molar refractivity (Wildman–Crippen MR) is 79.8 cm³/mol. The predicted octanol–water partition coefficient (Wildman–Crippen LogP) is 4.73. The van der Waals surface area contributed by atoms with E-state index in [1.165, 1.54) is 12.1 Å². The highest BCUT2D eigenvalue weighted by Gasteiger charge is 2.10. The number of hydrogen-bond acceptors (Lipinski definition) is 2. The Morgan fingerprint density at radius 2 is 1.90 bits per heavy atom. The van der Waals surface area contributed by atoms with Crippen LogP contribution >= 0.6 is 23.2 Å².